The van der Waals surface area contributed by atoms with E-state index in [4.69, 9.17) is 14.2 Å². The molecule has 0 radical (unpaired) electrons. The third kappa shape index (κ3) is 6.11. The second-order valence-electron chi connectivity index (χ2n) is 7.03. The fourth-order valence-electron chi connectivity index (χ4n) is 3.15. The summed E-state index contributed by atoms with van der Waals surface area (Å²) >= 11 is 2.85. The Kier molecular flexibility index (Phi) is 7.59. The lowest BCUT2D eigenvalue weighted by Gasteiger charge is -2.25. The Balaban J connectivity index is 1.34. The fourth-order valence-corrected chi connectivity index (χ4v) is 4.48. The molecule has 0 saturated heterocycles. The molecule has 0 bridgehead atoms. The van der Waals surface area contributed by atoms with Gasteiger partial charge in [-0.2, -0.15) is 0 Å². The molecule has 1 N–H and O–H groups in total. The van der Waals surface area contributed by atoms with E-state index in [9.17, 15) is 14.4 Å². The van der Waals surface area contributed by atoms with Gasteiger partial charge in [0.15, 0.2) is 18.1 Å². The molecular formula is C23H22N2O6S2. The standard InChI is InChI=1S/C23H22N2O6S2/c26-21(15-31-22(27)7-8-24-23(28)20-4-2-12-33-20)25(14-17-3-1-11-32-17)16-5-6-18-19(13-16)30-10-9-29-18/h1-6,11-13H,7-10,14-15H2,(H,24,28). The average molecular weight is 487 g/mol. The van der Waals surface area contributed by atoms with Crippen molar-refractivity contribution < 1.29 is 28.6 Å². The van der Waals surface area contributed by atoms with Crippen molar-refractivity contribution in [3.05, 3.63) is 63.0 Å². The minimum Gasteiger partial charge on any atom is -0.486 e. The molecule has 0 spiro atoms. The number of nitrogens with one attached hydrogen (secondary N) is 1. The molecule has 0 saturated carbocycles. The monoisotopic (exact) mass is 486 g/mol. The number of nitrogens with zero attached hydrogens (tertiary/aromatic N) is 1. The van der Waals surface area contributed by atoms with Crippen LogP contribution in [0.4, 0.5) is 5.69 Å². The lowest BCUT2D eigenvalue weighted by Crippen LogP contribution is -2.34. The van der Waals surface area contributed by atoms with Crippen molar-refractivity contribution in [3.8, 4) is 11.5 Å². The van der Waals surface area contributed by atoms with Gasteiger partial charge in [-0.05, 0) is 35.0 Å². The van der Waals surface area contributed by atoms with E-state index in [1.807, 2.05) is 17.5 Å². The molecule has 3 heterocycles. The second kappa shape index (κ2) is 11.0. The molecule has 172 valence electrons. The summed E-state index contributed by atoms with van der Waals surface area (Å²) in [5, 5.41) is 6.40. The zero-order chi connectivity index (χ0) is 23.0. The van der Waals surface area contributed by atoms with Gasteiger partial charge in [0.2, 0.25) is 0 Å². The highest BCUT2D eigenvalue weighted by Crippen LogP contribution is 2.34. The van der Waals surface area contributed by atoms with E-state index < -0.39 is 12.6 Å². The van der Waals surface area contributed by atoms with Gasteiger partial charge in [-0.25, -0.2) is 0 Å². The molecule has 4 rings (SSSR count). The van der Waals surface area contributed by atoms with Crippen LogP contribution in [0, 0.1) is 0 Å². The Hall–Kier alpha value is -3.37. The van der Waals surface area contributed by atoms with Crippen LogP contribution in [0.1, 0.15) is 21.0 Å². The lowest BCUT2D eigenvalue weighted by molar-refractivity contribution is -0.147. The van der Waals surface area contributed by atoms with Gasteiger partial charge >= 0.3 is 5.97 Å². The average Bonchev–Trinajstić information content (AvgIpc) is 3.55. The van der Waals surface area contributed by atoms with Crippen molar-refractivity contribution in [3.63, 3.8) is 0 Å². The molecule has 1 aliphatic heterocycles. The van der Waals surface area contributed by atoms with Gasteiger partial charge in [-0.15, -0.1) is 22.7 Å². The maximum absolute atomic E-state index is 13.0. The van der Waals surface area contributed by atoms with Crippen LogP contribution in [-0.4, -0.2) is 44.1 Å². The molecule has 0 aliphatic carbocycles. The first-order valence-corrected chi connectivity index (χ1v) is 12.1. The summed E-state index contributed by atoms with van der Waals surface area (Å²) in [7, 11) is 0. The van der Waals surface area contributed by atoms with Crippen molar-refractivity contribution in [2.24, 2.45) is 0 Å². The summed E-state index contributed by atoms with van der Waals surface area (Å²) < 4.78 is 16.4. The summed E-state index contributed by atoms with van der Waals surface area (Å²) in [6, 6.07) is 12.6. The van der Waals surface area contributed by atoms with Crippen molar-refractivity contribution in [1.82, 2.24) is 5.32 Å². The summed E-state index contributed by atoms with van der Waals surface area (Å²) in [4.78, 5) is 40.1. The van der Waals surface area contributed by atoms with E-state index >= 15 is 0 Å². The van der Waals surface area contributed by atoms with Gasteiger partial charge in [-0.1, -0.05) is 12.1 Å². The highest BCUT2D eigenvalue weighted by molar-refractivity contribution is 7.12. The number of benzene rings is 1. The largest absolute Gasteiger partial charge is 0.486 e. The molecule has 1 aromatic carbocycles. The quantitative estimate of drug-likeness (QED) is 0.466. The molecule has 1 aliphatic rings. The van der Waals surface area contributed by atoms with E-state index in [-0.39, 0.29) is 24.8 Å². The first-order chi connectivity index (χ1) is 16.1. The zero-order valence-electron chi connectivity index (χ0n) is 17.7. The molecule has 0 atom stereocenters. The molecule has 10 heteroatoms. The van der Waals surface area contributed by atoms with Crippen molar-refractivity contribution in [1.29, 1.82) is 0 Å². The van der Waals surface area contributed by atoms with Gasteiger partial charge in [0, 0.05) is 23.2 Å². The van der Waals surface area contributed by atoms with Crippen LogP contribution in [0.5, 0.6) is 11.5 Å². The minimum absolute atomic E-state index is 0.0284. The number of amides is 2. The fraction of sp³-hybridized carbons (Fsp3) is 0.261. The van der Waals surface area contributed by atoms with Crippen LogP contribution in [0.2, 0.25) is 0 Å². The van der Waals surface area contributed by atoms with Crippen molar-refractivity contribution in [2.75, 3.05) is 31.3 Å². The third-order valence-electron chi connectivity index (χ3n) is 4.75. The van der Waals surface area contributed by atoms with Gasteiger partial charge in [0.1, 0.15) is 13.2 Å². The first kappa shape index (κ1) is 22.8. The maximum Gasteiger partial charge on any atom is 0.308 e. The topological polar surface area (TPSA) is 94.2 Å². The number of esters is 1. The number of anilines is 1. The smallest absolute Gasteiger partial charge is 0.308 e. The predicted octanol–water partition coefficient (Wildman–Crippen LogP) is 3.48. The van der Waals surface area contributed by atoms with E-state index in [1.54, 1.807) is 40.6 Å². The van der Waals surface area contributed by atoms with Gasteiger partial charge in [-0.3, -0.25) is 14.4 Å². The van der Waals surface area contributed by atoms with Crippen LogP contribution >= 0.6 is 22.7 Å². The Bertz CT molecular complexity index is 1100. The summed E-state index contributed by atoms with van der Waals surface area (Å²) in [5.74, 6) is 0.0319. The number of rotatable bonds is 9. The normalized spacial score (nSPS) is 12.1. The Morgan fingerprint density at radius 2 is 1.79 bits per heavy atom. The molecule has 33 heavy (non-hydrogen) atoms. The van der Waals surface area contributed by atoms with E-state index in [0.717, 1.165) is 4.88 Å². The van der Waals surface area contributed by atoms with Gasteiger partial charge < -0.3 is 24.4 Å². The first-order valence-electron chi connectivity index (χ1n) is 10.3. The van der Waals surface area contributed by atoms with E-state index in [2.05, 4.69) is 5.32 Å². The molecule has 3 aromatic rings. The van der Waals surface area contributed by atoms with Gasteiger partial charge in [0.25, 0.3) is 11.8 Å². The molecule has 0 fully saturated rings. The SMILES string of the molecule is O=C(CCNC(=O)c1cccs1)OCC(=O)N(Cc1cccs1)c1ccc2c(c1)OCCO2. The summed E-state index contributed by atoms with van der Waals surface area (Å²) in [5.41, 5.74) is 0.622. The van der Waals surface area contributed by atoms with Crippen LogP contribution in [0.25, 0.3) is 0 Å². The number of ether oxygens (including phenoxy) is 3. The number of hydrogen-bond donors (Lipinski definition) is 1. The highest BCUT2D eigenvalue weighted by atomic mass is 32.1. The number of hydrogen-bond acceptors (Lipinski definition) is 8. The molecule has 0 unspecified atom stereocenters. The van der Waals surface area contributed by atoms with Crippen LogP contribution in [0.3, 0.4) is 0 Å². The minimum atomic E-state index is -0.562. The second-order valence-corrected chi connectivity index (χ2v) is 9.01. The van der Waals surface area contributed by atoms with Crippen LogP contribution < -0.4 is 19.7 Å². The van der Waals surface area contributed by atoms with Crippen molar-refractivity contribution >= 4 is 46.1 Å². The van der Waals surface area contributed by atoms with E-state index in [0.29, 0.717) is 41.8 Å². The molecule has 2 amide bonds. The highest BCUT2D eigenvalue weighted by Gasteiger charge is 2.21. The summed E-state index contributed by atoms with van der Waals surface area (Å²) in [6.45, 7) is 0.983. The Morgan fingerprint density at radius 3 is 2.55 bits per heavy atom. The van der Waals surface area contributed by atoms with Crippen LogP contribution in [0.15, 0.2) is 53.2 Å². The number of carbonyl (C=O) groups excluding carboxylic acids is 3. The number of carbonyl (C=O) groups is 3. The number of thiophene rings is 2. The molecule has 8 nitrogen and oxygen atoms in total. The Labute approximate surface area is 198 Å². The lowest BCUT2D eigenvalue weighted by atomic mass is 10.2. The Morgan fingerprint density at radius 1 is 1.00 bits per heavy atom. The van der Waals surface area contributed by atoms with Crippen molar-refractivity contribution in [2.45, 2.75) is 13.0 Å². The molecule has 2 aromatic heterocycles. The zero-order valence-corrected chi connectivity index (χ0v) is 19.3. The number of fused-ring (bicyclic) bond motifs is 1. The van der Waals surface area contributed by atoms with Gasteiger partial charge in [0.05, 0.1) is 17.8 Å². The molecular weight excluding hydrogens is 464 g/mol. The van der Waals surface area contributed by atoms with E-state index in [1.165, 1.54) is 22.7 Å². The maximum atomic E-state index is 13.0. The summed E-state index contributed by atoms with van der Waals surface area (Å²) in [6.07, 6.45) is -0.0284. The third-order valence-corrected chi connectivity index (χ3v) is 6.48. The van der Waals surface area contributed by atoms with Crippen LogP contribution in [-0.2, 0) is 20.9 Å². The predicted molar refractivity (Wildman–Crippen MR) is 125 cm³/mol.